The summed E-state index contributed by atoms with van der Waals surface area (Å²) in [5, 5.41) is 3.18. The van der Waals surface area contributed by atoms with Gasteiger partial charge in [-0.1, -0.05) is 94.8 Å². The third kappa shape index (κ3) is 7.17. The van der Waals surface area contributed by atoms with Crippen molar-refractivity contribution in [1.82, 2.24) is 14.3 Å². The molecule has 8 heteroatoms. The molecule has 6 nitrogen and oxygen atoms in total. The Hall–Kier alpha value is -2.19. The Bertz CT molecular complexity index is 1130. The first-order chi connectivity index (χ1) is 17.0. The van der Waals surface area contributed by atoms with Crippen LogP contribution in [-0.2, 0) is 4.79 Å². The number of amides is 1. The van der Waals surface area contributed by atoms with Gasteiger partial charge in [0, 0.05) is 19.3 Å². The molecule has 0 aromatic carbocycles. The van der Waals surface area contributed by atoms with Gasteiger partial charge < -0.3 is 5.32 Å². The van der Waals surface area contributed by atoms with Gasteiger partial charge in [0.25, 0.3) is 11.5 Å². The fraction of sp³-hybridized carbons (Fsp3) is 0.556. The summed E-state index contributed by atoms with van der Waals surface area (Å²) in [6.45, 7) is 7.38. The number of pyridine rings is 1. The minimum absolute atomic E-state index is 0.118. The van der Waals surface area contributed by atoms with Crippen molar-refractivity contribution in [3.8, 4) is 0 Å². The van der Waals surface area contributed by atoms with Crippen LogP contribution < -0.4 is 10.9 Å². The zero-order chi connectivity index (χ0) is 25.2. The van der Waals surface area contributed by atoms with Crippen LogP contribution in [0.5, 0.6) is 0 Å². The van der Waals surface area contributed by atoms with Gasteiger partial charge in [-0.05, 0) is 38.0 Å². The summed E-state index contributed by atoms with van der Waals surface area (Å²) in [5.74, 6) is 0.374. The van der Waals surface area contributed by atoms with E-state index in [1.54, 1.807) is 17.2 Å². The van der Waals surface area contributed by atoms with E-state index in [-0.39, 0.29) is 11.5 Å². The molecule has 0 spiro atoms. The molecule has 2 aromatic rings. The SMILES string of the molecule is CCCCCCCCCCCCN1C(=O)C(=Cc2c(NCC)nc3c(C)cccn3c2=O)SC1=S. The van der Waals surface area contributed by atoms with Crippen molar-refractivity contribution in [2.75, 3.05) is 18.4 Å². The van der Waals surface area contributed by atoms with E-state index < -0.39 is 0 Å². The van der Waals surface area contributed by atoms with Crippen LogP contribution in [0.4, 0.5) is 5.82 Å². The fourth-order valence-electron chi connectivity index (χ4n) is 4.33. The number of unbranched alkanes of at least 4 members (excludes halogenated alkanes) is 9. The molecule has 0 bridgehead atoms. The number of carbonyl (C=O) groups is 1. The van der Waals surface area contributed by atoms with Crippen LogP contribution in [0, 0.1) is 6.92 Å². The molecule has 0 unspecified atom stereocenters. The molecule has 3 rings (SSSR count). The molecule has 1 N–H and O–H groups in total. The fourth-order valence-corrected chi connectivity index (χ4v) is 5.62. The van der Waals surface area contributed by atoms with E-state index in [1.807, 2.05) is 26.0 Å². The first-order valence-electron chi connectivity index (χ1n) is 13.0. The van der Waals surface area contributed by atoms with E-state index in [2.05, 4.69) is 17.2 Å². The lowest BCUT2D eigenvalue weighted by atomic mass is 10.1. The predicted octanol–water partition coefficient (Wildman–Crippen LogP) is 6.56. The number of carbonyl (C=O) groups excluding carboxylic acids is 1. The first kappa shape index (κ1) is 27.4. The van der Waals surface area contributed by atoms with Crippen LogP contribution in [0.3, 0.4) is 0 Å². The van der Waals surface area contributed by atoms with Crippen molar-refractivity contribution in [2.24, 2.45) is 0 Å². The maximum Gasteiger partial charge on any atom is 0.267 e. The van der Waals surface area contributed by atoms with Crippen LogP contribution in [0.2, 0.25) is 0 Å². The minimum Gasteiger partial charge on any atom is -0.370 e. The summed E-state index contributed by atoms with van der Waals surface area (Å²) in [6, 6.07) is 3.75. The second kappa shape index (κ2) is 13.8. The zero-order valence-corrected chi connectivity index (χ0v) is 22.9. The van der Waals surface area contributed by atoms with Crippen molar-refractivity contribution in [2.45, 2.75) is 85.0 Å². The van der Waals surface area contributed by atoms with E-state index in [4.69, 9.17) is 12.2 Å². The normalized spacial score (nSPS) is 15.1. The number of rotatable bonds is 14. The standard InChI is InChI=1S/C27H38N4O2S2/c1-4-6-7-8-9-10-11-12-13-14-17-31-26(33)22(35-27(31)34)19-21-23(28-5-2)29-24-20(3)16-15-18-30(24)25(21)32/h15-16,18-19,28H,4-14,17H2,1-3H3. The topological polar surface area (TPSA) is 66.7 Å². The van der Waals surface area contributed by atoms with E-state index in [1.165, 1.54) is 67.5 Å². The quantitative estimate of drug-likeness (QED) is 0.175. The average molecular weight is 515 g/mol. The highest BCUT2D eigenvalue weighted by atomic mass is 32.2. The lowest BCUT2D eigenvalue weighted by Gasteiger charge is -2.14. The van der Waals surface area contributed by atoms with E-state index in [0.29, 0.717) is 39.3 Å². The second-order valence-electron chi connectivity index (χ2n) is 9.11. The van der Waals surface area contributed by atoms with Gasteiger partial charge in [-0.15, -0.1) is 0 Å². The van der Waals surface area contributed by atoms with Gasteiger partial charge in [0.15, 0.2) is 0 Å². The molecule has 1 saturated heterocycles. The van der Waals surface area contributed by atoms with Crippen LogP contribution >= 0.6 is 24.0 Å². The number of fused-ring (bicyclic) bond motifs is 1. The Kier molecular flexibility index (Phi) is 10.8. The van der Waals surface area contributed by atoms with Gasteiger partial charge in [-0.2, -0.15) is 0 Å². The zero-order valence-electron chi connectivity index (χ0n) is 21.3. The van der Waals surface area contributed by atoms with E-state index in [9.17, 15) is 9.59 Å². The third-order valence-corrected chi connectivity index (χ3v) is 7.69. The number of nitrogens with zero attached hydrogens (tertiary/aromatic N) is 3. The third-order valence-electron chi connectivity index (χ3n) is 6.31. The predicted molar refractivity (Wildman–Crippen MR) is 152 cm³/mol. The summed E-state index contributed by atoms with van der Waals surface area (Å²) in [7, 11) is 0. The molecule has 1 amide bonds. The molecular formula is C27H38N4O2S2. The first-order valence-corrected chi connectivity index (χ1v) is 14.2. The summed E-state index contributed by atoms with van der Waals surface area (Å²) < 4.78 is 2.10. The number of aryl methyl sites for hydroxylation is 1. The molecule has 0 aliphatic carbocycles. The van der Waals surface area contributed by atoms with Crippen molar-refractivity contribution in [3.05, 3.63) is 44.7 Å². The van der Waals surface area contributed by atoms with Gasteiger partial charge in [0.1, 0.15) is 15.8 Å². The van der Waals surface area contributed by atoms with Gasteiger partial charge in [-0.25, -0.2) is 4.98 Å². The van der Waals surface area contributed by atoms with Gasteiger partial charge >= 0.3 is 0 Å². The van der Waals surface area contributed by atoms with E-state index in [0.717, 1.165) is 18.4 Å². The Balaban J connectivity index is 1.62. The highest BCUT2D eigenvalue weighted by molar-refractivity contribution is 8.26. The molecule has 1 aliphatic rings. The van der Waals surface area contributed by atoms with Gasteiger partial charge in [0.05, 0.1) is 10.5 Å². The summed E-state index contributed by atoms with van der Waals surface area (Å²) in [4.78, 5) is 33.2. The molecule has 2 aromatic heterocycles. The molecule has 0 radical (unpaired) electrons. The maximum absolute atomic E-state index is 13.3. The Morgan fingerprint density at radius 3 is 2.34 bits per heavy atom. The van der Waals surface area contributed by atoms with Crippen LogP contribution in [0.1, 0.15) is 89.2 Å². The highest BCUT2D eigenvalue weighted by Gasteiger charge is 2.32. The summed E-state index contributed by atoms with van der Waals surface area (Å²) in [6.07, 6.45) is 15.8. The number of nitrogens with one attached hydrogen (secondary N) is 1. The van der Waals surface area contributed by atoms with Crippen molar-refractivity contribution in [3.63, 3.8) is 0 Å². The van der Waals surface area contributed by atoms with Gasteiger partial charge in [-0.3, -0.25) is 18.9 Å². The highest BCUT2D eigenvalue weighted by Crippen LogP contribution is 2.33. The number of aromatic nitrogens is 2. The average Bonchev–Trinajstić information content (AvgIpc) is 3.10. The number of hydrogen-bond donors (Lipinski definition) is 1. The number of thioether (sulfide) groups is 1. The van der Waals surface area contributed by atoms with Crippen molar-refractivity contribution in [1.29, 1.82) is 0 Å². The summed E-state index contributed by atoms with van der Waals surface area (Å²) >= 11 is 6.77. The van der Waals surface area contributed by atoms with Gasteiger partial charge in [0.2, 0.25) is 0 Å². The minimum atomic E-state index is -0.199. The Labute approximate surface area is 218 Å². The van der Waals surface area contributed by atoms with E-state index >= 15 is 0 Å². The van der Waals surface area contributed by atoms with Crippen LogP contribution in [-0.4, -0.2) is 37.6 Å². The van der Waals surface area contributed by atoms with Crippen molar-refractivity contribution >= 4 is 51.7 Å². The van der Waals surface area contributed by atoms with Crippen LogP contribution in [0.25, 0.3) is 11.7 Å². The van der Waals surface area contributed by atoms with Crippen molar-refractivity contribution < 1.29 is 4.79 Å². The van der Waals surface area contributed by atoms with Crippen LogP contribution in [0.15, 0.2) is 28.0 Å². The molecule has 190 valence electrons. The lowest BCUT2D eigenvalue weighted by molar-refractivity contribution is -0.122. The summed E-state index contributed by atoms with van der Waals surface area (Å²) in [5.41, 5.74) is 1.71. The second-order valence-corrected chi connectivity index (χ2v) is 10.8. The number of thiocarbonyl (C=S) groups is 1. The molecule has 35 heavy (non-hydrogen) atoms. The maximum atomic E-state index is 13.3. The molecule has 3 heterocycles. The molecule has 1 fully saturated rings. The molecule has 1 aliphatic heterocycles. The number of anilines is 1. The molecular weight excluding hydrogens is 476 g/mol. The number of hydrogen-bond acceptors (Lipinski definition) is 6. The monoisotopic (exact) mass is 514 g/mol. The lowest BCUT2D eigenvalue weighted by Crippen LogP contribution is -2.29. The molecule has 0 atom stereocenters. The Morgan fingerprint density at radius 2 is 1.69 bits per heavy atom. The smallest absolute Gasteiger partial charge is 0.267 e. The Morgan fingerprint density at radius 1 is 1.03 bits per heavy atom. The molecule has 0 saturated carbocycles. The largest absolute Gasteiger partial charge is 0.370 e.